The summed E-state index contributed by atoms with van der Waals surface area (Å²) in [5, 5.41) is 15.2. The SMILES string of the molecule is COc1cc(NC(=O)NC(C(=O)N(CC(=O)NO)CC2CCC2)C(C)C)c2ncccc2c1. The number of anilines is 1. The number of ether oxygens (including phenoxy) is 1. The third kappa shape index (κ3) is 6.10. The number of urea groups is 1. The summed E-state index contributed by atoms with van der Waals surface area (Å²) in [5.74, 6) is -0.405. The van der Waals surface area contributed by atoms with Gasteiger partial charge in [0.15, 0.2) is 0 Å². The fourth-order valence-electron chi connectivity index (χ4n) is 3.82. The number of benzene rings is 1. The van der Waals surface area contributed by atoms with Crippen molar-refractivity contribution in [3.8, 4) is 5.75 Å². The maximum absolute atomic E-state index is 13.3. The third-order valence-corrected chi connectivity index (χ3v) is 5.86. The summed E-state index contributed by atoms with van der Waals surface area (Å²) in [7, 11) is 1.54. The number of nitrogens with one attached hydrogen (secondary N) is 3. The zero-order chi connectivity index (χ0) is 24.0. The Hall–Kier alpha value is -3.40. The van der Waals surface area contributed by atoms with Crippen LogP contribution in [-0.2, 0) is 9.59 Å². The van der Waals surface area contributed by atoms with E-state index in [0.29, 0.717) is 29.4 Å². The molecule has 0 radical (unpaired) electrons. The Kier molecular flexibility index (Phi) is 8.05. The number of nitrogens with zero attached hydrogens (tertiary/aromatic N) is 2. The van der Waals surface area contributed by atoms with Crippen LogP contribution in [0, 0.1) is 11.8 Å². The number of pyridine rings is 1. The van der Waals surface area contributed by atoms with E-state index >= 15 is 0 Å². The minimum absolute atomic E-state index is 0.232. The Morgan fingerprint density at radius 3 is 2.64 bits per heavy atom. The molecule has 1 unspecified atom stereocenters. The van der Waals surface area contributed by atoms with Crippen molar-refractivity contribution in [1.82, 2.24) is 20.7 Å². The molecular weight excluding hydrogens is 426 g/mol. The van der Waals surface area contributed by atoms with E-state index in [0.717, 1.165) is 24.6 Å². The quantitative estimate of drug-likeness (QED) is 0.338. The number of carbonyl (C=O) groups is 3. The number of amides is 4. The average molecular weight is 458 g/mol. The number of methoxy groups -OCH3 is 1. The summed E-state index contributed by atoms with van der Waals surface area (Å²) in [6, 6.07) is 5.70. The van der Waals surface area contributed by atoms with Crippen molar-refractivity contribution in [3.63, 3.8) is 0 Å². The topological polar surface area (TPSA) is 133 Å². The molecule has 0 bridgehead atoms. The smallest absolute Gasteiger partial charge is 0.319 e. The lowest BCUT2D eigenvalue weighted by Gasteiger charge is -2.35. The van der Waals surface area contributed by atoms with Crippen LogP contribution in [-0.4, -0.2) is 59.2 Å². The molecule has 4 N–H and O–H groups in total. The summed E-state index contributed by atoms with van der Waals surface area (Å²) in [4.78, 5) is 43.7. The number of fused-ring (bicyclic) bond motifs is 1. The minimum atomic E-state index is -0.860. The van der Waals surface area contributed by atoms with E-state index in [4.69, 9.17) is 9.94 Å². The van der Waals surface area contributed by atoms with E-state index in [9.17, 15) is 14.4 Å². The number of hydrogen-bond donors (Lipinski definition) is 4. The molecule has 1 aliphatic rings. The number of hydroxylamine groups is 1. The van der Waals surface area contributed by atoms with Crippen molar-refractivity contribution >= 4 is 34.4 Å². The van der Waals surface area contributed by atoms with Gasteiger partial charge in [-0.3, -0.25) is 19.8 Å². The predicted octanol–water partition coefficient (Wildman–Crippen LogP) is 2.52. The van der Waals surface area contributed by atoms with Crippen LogP contribution in [0.4, 0.5) is 10.5 Å². The lowest BCUT2D eigenvalue weighted by Crippen LogP contribution is -2.55. The first kappa shape index (κ1) is 24.2. The molecule has 178 valence electrons. The Bertz CT molecular complexity index is 1010. The molecule has 0 saturated heterocycles. The van der Waals surface area contributed by atoms with Gasteiger partial charge in [-0.1, -0.05) is 26.3 Å². The fraction of sp³-hybridized carbons (Fsp3) is 0.478. The van der Waals surface area contributed by atoms with E-state index in [1.54, 1.807) is 23.8 Å². The van der Waals surface area contributed by atoms with Crippen LogP contribution in [0.1, 0.15) is 33.1 Å². The van der Waals surface area contributed by atoms with Crippen LogP contribution >= 0.6 is 0 Å². The van der Waals surface area contributed by atoms with Crippen molar-refractivity contribution in [3.05, 3.63) is 30.5 Å². The zero-order valence-corrected chi connectivity index (χ0v) is 19.1. The maximum Gasteiger partial charge on any atom is 0.319 e. The second-order valence-corrected chi connectivity index (χ2v) is 8.62. The molecular formula is C23H31N5O5. The molecule has 10 heteroatoms. The monoisotopic (exact) mass is 457 g/mol. The van der Waals surface area contributed by atoms with Gasteiger partial charge in [0.25, 0.3) is 5.91 Å². The number of rotatable bonds is 9. The van der Waals surface area contributed by atoms with E-state index < -0.39 is 18.0 Å². The van der Waals surface area contributed by atoms with Crippen LogP contribution in [0.5, 0.6) is 5.75 Å². The van der Waals surface area contributed by atoms with Crippen molar-refractivity contribution in [2.24, 2.45) is 11.8 Å². The average Bonchev–Trinajstić information content (AvgIpc) is 2.77. The molecule has 1 aromatic heterocycles. The Morgan fingerprint density at radius 2 is 2.03 bits per heavy atom. The highest BCUT2D eigenvalue weighted by Gasteiger charge is 2.32. The molecule has 2 aromatic rings. The first-order chi connectivity index (χ1) is 15.8. The van der Waals surface area contributed by atoms with Crippen LogP contribution in [0.3, 0.4) is 0 Å². The van der Waals surface area contributed by atoms with Gasteiger partial charge in [0.05, 0.1) is 18.3 Å². The highest BCUT2D eigenvalue weighted by molar-refractivity contribution is 6.01. The second-order valence-electron chi connectivity index (χ2n) is 8.62. The van der Waals surface area contributed by atoms with Crippen molar-refractivity contribution in [2.75, 3.05) is 25.5 Å². The van der Waals surface area contributed by atoms with Gasteiger partial charge in [-0.15, -0.1) is 0 Å². The van der Waals surface area contributed by atoms with Gasteiger partial charge < -0.3 is 20.3 Å². The maximum atomic E-state index is 13.3. The summed E-state index contributed by atoms with van der Waals surface area (Å²) in [5.41, 5.74) is 2.62. The highest BCUT2D eigenvalue weighted by atomic mass is 16.5. The van der Waals surface area contributed by atoms with Crippen LogP contribution in [0.25, 0.3) is 10.9 Å². The molecule has 1 atom stereocenters. The van der Waals surface area contributed by atoms with Gasteiger partial charge in [-0.25, -0.2) is 10.3 Å². The number of hydrogen-bond acceptors (Lipinski definition) is 6. The van der Waals surface area contributed by atoms with Gasteiger partial charge in [0, 0.05) is 24.2 Å². The molecule has 1 saturated carbocycles. The normalized spacial score (nSPS) is 14.3. The van der Waals surface area contributed by atoms with E-state index in [2.05, 4.69) is 15.6 Å². The van der Waals surface area contributed by atoms with Gasteiger partial charge >= 0.3 is 6.03 Å². The lowest BCUT2D eigenvalue weighted by molar-refractivity contribution is -0.142. The molecule has 3 rings (SSSR count). The molecule has 1 fully saturated rings. The molecule has 0 spiro atoms. The lowest BCUT2D eigenvalue weighted by atomic mass is 9.85. The van der Waals surface area contributed by atoms with E-state index in [1.807, 2.05) is 26.0 Å². The summed E-state index contributed by atoms with van der Waals surface area (Å²) >= 11 is 0. The molecule has 33 heavy (non-hydrogen) atoms. The summed E-state index contributed by atoms with van der Waals surface area (Å²) < 4.78 is 5.32. The second kappa shape index (κ2) is 11.0. The van der Waals surface area contributed by atoms with Crippen molar-refractivity contribution < 1.29 is 24.3 Å². The molecule has 1 aliphatic carbocycles. The molecule has 1 aromatic carbocycles. The fourth-order valence-corrected chi connectivity index (χ4v) is 3.82. The number of carbonyl (C=O) groups excluding carboxylic acids is 3. The van der Waals surface area contributed by atoms with E-state index in [1.165, 1.54) is 12.0 Å². The van der Waals surface area contributed by atoms with Crippen LogP contribution in [0.15, 0.2) is 30.5 Å². The first-order valence-electron chi connectivity index (χ1n) is 11.0. The standard InChI is InChI=1S/C23H31N5O5/c1-14(2)20(22(30)28(13-19(29)27-32)12-15-6-4-7-15)26-23(31)25-18-11-17(33-3)10-16-8-5-9-24-21(16)18/h5,8-11,14-15,20,32H,4,6-7,12-13H2,1-3H3,(H,27,29)(H2,25,26,31). The molecule has 4 amide bonds. The van der Waals surface area contributed by atoms with Gasteiger partial charge in [0.2, 0.25) is 5.91 Å². The van der Waals surface area contributed by atoms with Gasteiger partial charge in [0.1, 0.15) is 18.3 Å². The van der Waals surface area contributed by atoms with Crippen molar-refractivity contribution in [1.29, 1.82) is 0 Å². The Labute approximate surface area is 192 Å². The summed E-state index contributed by atoms with van der Waals surface area (Å²) in [6.07, 6.45) is 4.69. The van der Waals surface area contributed by atoms with Gasteiger partial charge in [-0.05, 0) is 36.8 Å². The largest absolute Gasteiger partial charge is 0.497 e. The van der Waals surface area contributed by atoms with Crippen LogP contribution in [0.2, 0.25) is 0 Å². The Balaban J connectivity index is 1.77. The van der Waals surface area contributed by atoms with Crippen molar-refractivity contribution in [2.45, 2.75) is 39.2 Å². The zero-order valence-electron chi connectivity index (χ0n) is 19.1. The van der Waals surface area contributed by atoms with E-state index in [-0.39, 0.29) is 18.4 Å². The number of aromatic nitrogens is 1. The third-order valence-electron chi connectivity index (χ3n) is 5.86. The van der Waals surface area contributed by atoms with Crippen LogP contribution < -0.4 is 20.9 Å². The molecule has 1 heterocycles. The van der Waals surface area contributed by atoms with Gasteiger partial charge in [-0.2, -0.15) is 0 Å². The Morgan fingerprint density at radius 1 is 1.27 bits per heavy atom. The first-order valence-corrected chi connectivity index (χ1v) is 11.0. The minimum Gasteiger partial charge on any atom is -0.497 e. The highest BCUT2D eigenvalue weighted by Crippen LogP contribution is 2.28. The summed E-state index contributed by atoms with van der Waals surface area (Å²) in [6.45, 7) is 3.77. The molecule has 10 nitrogen and oxygen atoms in total. The molecule has 0 aliphatic heterocycles. The predicted molar refractivity (Wildman–Crippen MR) is 123 cm³/mol.